The number of hydrogen-bond acceptors (Lipinski definition) is 0. The molecule has 2 atom stereocenters. The number of quaternary nitrogens is 1. The minimum atomic E-state index is -1.14. The highest BCUT2D eigenvalue weighted by Gasteiger charge is 2.30. The summed E-state index contributed by atoms with van der Waals surface area (Å²) in [5.41, 5.74) is 3.81. The lowest BCUT2D eigenvalue weighted by Gasteiger charge is -2.35. The van der Waals surface area contributed by atoms with Crippen molar-refractivity contribution in [2.24, 2.45) is 0 Å². The fourth-order valence-corrected chi connectivity index (χ4v) is 3.37. The molecule has 0 spiro atoms. The lowest BCUT2D eigenvalue weighted by atomic mass is 9.97. The van der Waals surface area contributed by atoms with E-state index in [2.05, 4.69) is 78.9 Å². The van der Waals surface area contributed by atoms with Gasteiger partial charge < -0.3 is 28.5 Å². The van der Waals surface area contributed by atoms with Crippen LogP contribution in [0.2, 0.25) is 19.6 Å². The summed E-state index contributed by atoms with van der Waals surface area (Å²) in [6, 6.07) is 9.57. The van der Waals surface area contributed by atoms with Crippen LogP contribution < -0.4 is 24.0 Å². The largest absolute Gasteiger partial charge is 1.00 e. The second-order valence-electron chi connectivity index (χ2n) is 7.51. The molecule has 19 heavy (non-hydrogen) atoms. The molecule has 0 bridgehead atoms. The van der Waals surface area contributed by atoms with E-state index in [1.807, 2.05) is 0 Å². The SMILES string of the molecule is CC(c1ccccc1C(C)[Si](C)(C)C)[N+](C)(C)C.[I-]. The third kappa shape index (κ3) is 4.87. The molecule has 1 nitrogen and oxygen atoms in total. The molecule has 0 aliphatic heterocycles. The maximum absolute atomic E-state index is 2.46. The van der Waals surface area contributed by atoms with Crippen LogP contribution in [0.3, 0.4) is 0 Å². The smallest absolute Gasteiger partial charge is 0.111 e. The Morgan fingerprint density at radius 1 is 0.895 bits per heavy atom. The van der Waals surface area contributed by atoms with E-state index < -0.39 is 8.07 Å². The van der Waals surface area contributed by atoms with Gasteiger partial charge in [-0.05, 0) is 18.0 Å². The molecule has 0 saturated carbocycles. The normalized spacial score (nSPS) is 15.6. The molecule has 110 valence electrons. The summed E-state index contributed by atoms with van der Waals surface area (Å²) in [6.45, 7) is 12.1. The first-order valence-corrected chi connectivity index (χ1v) is 10.5. The van der Waals surface area contributed by atoms with Crippen molar-refractivity contribution in [3.63, 3.8) is 0 Å². The van der Waals surface area contributed by atoms with Crippen molar-refractivity contribution in [1.29, 1.82) is 0 Å². The second kappa shape index (κ2) is 6.72. The summed E-state index contributed by atoms with van der Waals surface area (Å²) in [7, 11) is 5.69. The maximum Gasteiger partial charge on any atom is 0.111 e. The zero-order valence-electron chi connectivity index (χ0n) is 13.8. The van der Waals surface area contributed by atoms with Crippen LogP contribution in [-0.4, -0.2) is 33.7 Å². The molecule has 0 aliphatic rings. The summed E-state index contributed by atoms with van der Waals surface area (Å²) < 4.78 is 0.982. The number of hydrogen-bond donors (Lipinski definition) is 0. The highest BCUT2D eigenvalue weighted by atomic mass is 127. The van der Waals surface area contributed by atoms with Gasteiger partial charge in [0.1, 0.15) is 6.04 Å². The summed E-state index contributed by atoms with van der Waals surface area (Å²) in [5, 5.41) is 0. The average molecular weight is 391 g/mol. The van der Waals surface area contributed by atoms with Crippen LogP contribution in [0.15, 0.2) is 24.3 Å². The molecule has 0 radical (unpaired) electrons. The van der Waals surface area contributed by atoms with Crippen molar-refractivity contribution in [3.05, 3.63) is 35.4 Å². The Bertz CT molecular complexity index is 365. The van der Waals surface area contributed by atoms with Crippen molar-refractivity contribution in [1.82, 2.24) is 0 Å². The fraction of sp³-hybridized carbons (Fsp3) is 0.625. The highest BCUT2D eigenvalue weighted by Crippen LogP contribution is 2.34. The van der Waals surface area contributed by atoms with Gasteiger partial charge in [-0.2, -0.15) is 0 Å². The topological polar surface area (TPSA) is 0 Å². The third-order valence-corrected chi connectivity index (χ3v) is 7.28. The van der Waals surface area contributed by atoms with E-state index in [4.69, 9.17) is 0 Å². The first kappa shape index (κ1) is 19.1. The molecule has 0 aromatic heterocycles. The quantitative estimate of drug-likeness (QED) is 0.414. The maximum atomic E-state index is 2.46. The van der Waals surface area contributed by atoms with E-state index in [-0.39, 0.29) is 24.0 Å². The Hall–Kier alpha value is 0.127. The molecule has 1 rings (SSSR count). The molecule has 0 amide bonds. The Kier molecular flexibility index (Phi) is 6.77. The van der Waals surface area contributed by atoms with Gasteiger partial charge in [0.15, 0.2) is 0 Å². The van der Waals surface area contributed by atoms with E-state index in [0.29, 0.717) is 11.6 Å². The van der Waals surface area contributed by atoms with Crippen LogP contribution in [0.4, 0.5) is 0 Å². The molecule has 2 unspecified atom stereocenters. The van der Waals surface area contributed by atoms with Crippen LogP contribution in [0.1, 0.15) is 36.6 Å². The van der Waals surface area contributed by atoms with E-state index >= 15 is 0 Å². The van der Waals surface area contributed by atoms with Crippen molar-refractivity contribution in [2.45, 2.75) is 45.1 Å². The zero-order chi connectivity index (χ0) is 14.1. The van der Waals surface area contributed by atoms with Crippen LogP contribution in [0, 0.1) is 0 Å². The van der Waals surface area contributed by atoms with Gasteiger partial charge in [-0.15, -0.1) is 0 Å². The molecule has 3 heteroatoms. The predicted octanol–water partition coefficient (Wildman–Crippen LogP) is 1.44. The molecular weight excluding hydrogens is 361 g/mol. The van der Waals surface area contributed by atoms with Crippen LogP contribution >= 0.6 is 0 Å². The van der Waals surface area contributed by atoms with Gasteiger partial charge >= 0.3 is 0 Å². The summed E-state index contributed by atoms with van der Waals surface area (Å²) >= 11 is 0. The molecule has 0 fully saturated rings. The molecule has 0 aliphatic carbocycles. The average Bonchev–Trinajstić information content (AvgIpc) is 2.24. The molecule has 1 aromatic rings. The first-order chi connectivity index (χ1) is 8.05. The first-order valence-electron chi connectivity index (χ1n) is 6.95. The van der Waals surface area contributed by atoms with E-state index in [0.717, 1.165) is 4.48 Å². The van der Waals surface area contributed by atoms with Crippen LogP contribution in [0.25, 0.3) is 0 Å². The van der Waals surface area contributed by atoms with Crippen molar-refractivity contribution in [2.75, 3.05) is 21.1 Å². The van der Waals surface area contributed by atoms with Gasteiger partial charge in [0, 0.05) is 5.56 Å². The van der Waals surface area contributed by atoms with Gasteiger partial charge in [0.25, 0.3) is 0 Å². The van der Waals surface area contributed by atoms with Crippen molar-refractivity contribution >= 4 is 8.07 Å². The minimum absolute atomic E-state index is 0. The Morgan fingerprint density at radius 3 is 1.68 bits per heavy atom. The molecule has 0 heterocycles. The number of halogens is 1. The zero-order valence-corrected chi connectivity index (χ0v) is 16.9. The lowest BCUT2D eigenvalue weighted by molar-refractivity contribution is -0.900. The number of benzene rings is 1. The monoisotopic (exact) mass is 391 g/mol. The molecule has 0 N–H and O–H groups in total. The van der Waals surface area contributed by atoms with Crippen LogP contribution in [-0.2, 0) is 0 Å². The summed E-state index contributed by atoms with van der Waals surface area (Å²) in [6.07, 6.45) is 0. The Labute approximate surface area is 138 Å². The minimum Gasteiger partial charge on any atom is -1.00 e. The fourth-order valence-electron chi connectivity index (χ4n) is 2.17. The third-order valence-electron chi connectivity index (χ3n) is 4.37. The predicted molar refractivity (Wildman–Crippen MR) is 84.7 cm³/mol. The lowest BCUT2D eigenvalue weighted by Crippen LogP contribution is -3.00. The van der Waals surface area contributed by atoms with Crippen molar-refractivity contribution in [3.8, 4) is 0 Å². The summed E-state index contributed by atoms with van der Waals surface area (Å²) in [4.78, 5) is 0. The van der Waals surface area contributed by atoms with Crippen LogP contribution in [0.5, 0.6) is 0 Å². The van der Waals surface area contributed by atoms with Gasteiger partial charge in [-0.25, -0.2) is 0 Å². The standard InChI is InChI=1S/C16H30NSi.HI/c1-13(17(3,4)5)15-11-9-10-12-16(15)14(2)18(6,7)8;/h9-14H,1-8H3;1H/q+1;/p-1. The van der Waals surface area contributed by atoms with Gasteiger partial charge in [0.05, 0.1) is 29.2 Å². The van der Waals surface area contributed by atoms with E-state index in [1.54, 1.807) is 5.56 Å². The van der Waals surface area contributed by atoms with Crippen molar-refractivity contribution < 1.29 is 28.5 Å². The Balaban J connectivity index is 0.00000324. The molecule has 1 aromatic carbocycles. The van der Waals surface area contributed by atoms with Gasteiger partial charge in [-0.1, -0.05) is 50.8 Å². The Morgan fingerprint density at radius 2 is 1.32 bits per heavy atom. The molecule has 0 saturated heterocycles. The number of nitrogens with zero attached hydrogens (tertiary/aromatic N) is 1. The summed E-state index contributed by atoms with van der Waals surface area (Å²) in [5.74, 6) is 0. The molecular formula is C16H30INSi. The van der Waals surface area contributed by atoms with Gasteiger partial charge in [-0.3, -0.25) is 0 Å². The van der Waals surface area contributed by atoms with Gasteiger partial charge in [0.2, 0.25) is 0 Å². The van der Waals surface area contributed by atoms with E-state index in [1.165, 1.54) is 5.56 Å². The highest BCUT2D eigenvalue weighted by molar-refractivity contribution is 6.77. The second-order valence-corrected chi connectivity index (χ2v) is 13.1. The van der Waals surface area contributed by atoms with E-state index in [9.17, 15) is 0 Å². The number of rotatable bonds is 4.